The molecule has 10 heteroatoms. The van der Waals surface area contributed by atoms with Crippen LogP contribution in [-0.4, -0.2) is 33.2 Å². The van der Waals surface area contributed by atoms with E-state index in [0.717, 1.165) is 10.6 Å². The molecule has 0 radical (unpaired) electrons. The molecule has 130 valence electrons. The van der Waals surface area contributed by atoms with Gasteiger partial charge in [-0.3, -0.25) is 19.7 Å². The topological polar surface area (TPSA) is 105 Å². The van der Waals surface area contributed by atoms with Crippen molar-refractivity contribution in [2.24, 2.45) is 0 Å². The third kappa shape index (κ3) is 3.62. The van der Waals surface area contributed by atoms with Crippen LogP contribution in [0.2, 0.25) is 5.02 Å². The lowest BCUT2D eigenvalue weighted by Crippen LogP contribution is -2.35. The van der Waals surface area contributed by atoms with E-state index >= 15 is 0 Å². The van der Waals surface area contributed by atoms with Crippen LogP contribution in [0.4, 0.5) is 10.8 Å². The fourth-order valence-corrected chi connectivity index (χ4v) is 3.82. The van der Waals surface area contributed by atoms with Crippen molar-refractivity contribution in [3.8, 4) is 0 Å². The largest absolute Gasteiger partial charge is 0.333 e. The van der Waals surface area contributed by atoms with Gasteiger partial charge in [0.2, 0.25) is 5.91 Å². The summed E-state index contributed by atoms with van der Waals surface area (Å²) in [4.78, 5) is 41.2. The van der Waals surface area contributed by atoms with Gasteiger partial charge in [-0.05, 0) is 12.1 Å². The first-order valence-corrected chi connectivity index (χ1v) is 8.54. The second-order valence-electron chi connectivity index (χ2n) is 5.47. The zero-order valence-corrected chi connectivity index (χ0v) is 14.7. The van der Waals surface area contributed by atoms with Crippen molar-refractivity contribution in [1.82, 2.24) is 9.88 Å². The molecule has 1 aromatic heterocycles. The van der Waals surface area contributed by atoms with Crippen LogP contribution in [0.1, 0.15) is 27.9 Å². The number of fused-ring (bicyclic) bond motifs is 1. The van der Waals surface area contributed by atoms with Crippen LogP contribution in [0, 0.1) is 10.1 Å². The number of thiazole rings is 1. The monoisotopic (exact) mass is 380 g/mol. The number of nitrogens with one attached hydrogen (secondary N) is 1. The van der Waals surface area contributed by atoms with Gasteiger partial charge in [-0.2, -0.15) is 0 Å². The molecule has 2 amide bonds. The van der Waals surface area contributed by atoms with Gasteiger partial charge in [-0.15, -0.1) is 0 Å². The Morgan fingerprint density at radius 2 is 2.20 bits per heavy atom. The molecule has 3 rings (SSSR count). The summed E-state index contributed by atoms with van der Waals surface area (Å²) in [6, 6.07) is 3.92. The lowest BCUT2D eigenvalue weighted by Gasteiger charge is -2.26. The summed E-state index contributed by atoms with van der Waals surface area (Å²) in [5.41, 5.74) is 0.523. The van der Waals surface area contributed by atoms with E-state index in [9.17, 15) is 19.7 Å². The van der Waals surface area contributed by atoms with Gasteiger partial charge >= 0.3 is 0 Å². The van der Waals surface area contributed by atoms with Crippen LogP contribution < -0.4 is 5.32 Å². The van der Waals surface area contributed by atoms with Gasteiger partial charge in [0.15, 0.2) is 5.13 Å². The first-order valence-electron chi connectivity index (χ1n) is 7.34. The van der Waals surface area contributed by atoms with E-state index in [2.05, 4.69) is 10.3 Å². The summed E-state index contributed by atoms with van der Waals surface area (Å²) < 4.78 is 0. The van der Waals surface area contributed by atoms with Gasteiger partial charge in [0, 0.05) is 35.9 Å². The summed E-state index contributed by atoms with van der Waals surface area (Å²) >= 11 is 7.19. The number of carbonyl (C=O) groups is 2. The van der Waals surface area contributed by atoms with Gasteiger partial charge in [-0.25, -0.2) is 4.98 Å². The molecule has 8 nitrogen and oxygen atoms in total. The Kier molecular flexibility index (Phi) is 4.69. The summed E-state index contributed by atoms with van der Waals surface area (Å²) in [7, 11) is 0. The fraction of sp³-hybridized carbons (Fsp3) is 0.267. The van der Waals surface area contributed by atoms with E-state index in [4.69, 9.17) is 11.6 Å². The Morgan fingerprint density at radius 1 is 1.44 bits per heavy atom. The number of amides is 2. The first-order chi connectivity index (χ1) is 11.8. The summed E-state index contributed by atoms with van der Waals surface area (Å²) in [5.74, 6) is -0.664. The Labute approximate surface area is 151 Å². The van der Waals surface area contributed by atoms with Gasteiger partial charge < -0.3 is 10.2 Å². The second kappa shape index (κ2) is 6.77. The Bertz CT molecular complexity index is 882. The van der Waals surface area contributed by atoms with Crippen LogP contribution in [0.15, 0.2) is 18.2 Å². The van der Waals surface area contributed by atoms with Gasteiger partial charge in [-0.1, -0.05) is 22.9 Å². The van der Waals surface area contributed by atoms with E-state index in [-0.39, 0.29) is 28.7 Å². The van der Waals surface area contributed by atoms with Crippen molar-refractivity contribution in [2.75, 3.05) is 11.9 Å². The number of halogens is 1. The number of nitro groups is 1. The van der Waals surface area contributed by atoms with Crippen molar-refractivity contribution in [2.45, 2.75) is 19.9 Å². The highest BCUT2D eigenvalue weighted by Gasteiger charge is 2.29. The third-order valence-corrected chi connectivity index (χ3v) is 4.92. The fourth-order valence-electron chi connectivity index (χ4n) is 2.58. The summed E-state index contributed by atoms with van der Waals surface area (Å²) in [6.07, 6.45) is 0.519. The number of hydrogen-bond donors (Lipinski definition) is 1. The van der Waals surface area contributed by atoms with Crippen molar-refractivity contribution in [3.05, 3.63) is 49.5 Å². The smallest absolute Gasteiger partial charge is 0.282 e. The van der Waals surface area contributed by atoms with Crippen molar-refractivity contribution >= 4 is 45.6 Å². The zero-order valence-electron chi connectivity index (χ0n) is 13.1. The molecular weight excluding hydrogens is 368 g/mol. The number of anilines is 1. The predicted molar refractivity (Wildman–Crippen MR) is 93.0 cm³/mol. The lowest BCUT2D eigenvalue weighted by atomic mass is 10.1. The molecule has 0 fully saturated rings. The Hall–Kier alpha value is -2.52. The molecule has 0 aliphatic carbocycles. The first kappa shape index (κ1) is 17.3. The SMILES string of the molecule is CC(=O)Nc1nc2c(s1)CN(C(=O)c1cc(Cl)ccc1[N+](=O)[O-])CC2. The Morgan fingerprint density at radius 3 is 2.88 bits per heavy atom. The van der Waals surface area contributed by atoms with E-state index in [1.54, 1.807) is 0 Å². The lowest BCUT2D eigenvalue weighted by molar-refractivity contribution is -0.385. The van der Waals surface area contributed by atoms with E-state index in [1.165, 1.54) is 41.4 Å². The highest BCUT2D eigenvalue weighted by atomic mass is 35.5. The molecule has 0 saturated heterocycles. The number of nitro benzene ring substituents is 1. The highest BCUT2D eigenvalue weighted by Crippen LogP contribution is 2.31. The molecule has 1 aliphatic heterocycles. The number of benzene rings is 1. The minimum absolute atomic E-state index is 0.0347. The second-order valence-corrected chi connectivity index (χ2v) is 6.99. The number of hydrogen-bond acceptors (Lipinski definition) is 6. The maximum atomic E-state index is 12.7. The third-order valence-electron chi connectivity index (χ3n) is 3.69. The number of carbonyl (C=O) groups excluding carboxylic acids is 2. The molecule has 0 atom stereocenters. The molecular formula is C15H13ClN4O4S. The van der Waals surface area contributed by atoms with Gasteiger partial charge in [0.1, 0.15) is 5.56 Å². The molecule has 0 saturated carbocycles. The quantitative estimate of drug-likeness (QED) is 0.651. The molecule has 1 aliphatic rings. The molecule has 0 spiro atoms. The minimum atomic E-state index is -0.597. The summed E-state index contributed by atoms with van der Waals surface area (Å²) in [5, 5.41) is 14.5. The van der Waals surface area contributed by atoms with E-state index in [0.29, 0.717) is 18.1 Å². The molecule has 0 unspecified atom stereocenters. The van der Waals surface area contributed by atoms with Crippen LogP contribution >= 0.6 is 22.9 Å². The molecule has 25 heavy (non-hydrogen) atoms. The average molecular weight is 381 g/mol. The normalized spacial score (nSPS) is 13.3. The predicted octanol–water partition coefficient (Wildman–Crippen LogP) is 2.86. The van der Waals surface area contributed by atoms with E-state index < -0.39 is 10.8 Å². The molecule has 1 aromatic carbocycles. The molecule has 1 N–H and O–H groups in total. The van der Waals surface area contributed by atoms with Gasteiger partial charge in [0.05, 0.1) is 17.2 Å². The summed E-state index contributed by atoms with van der Waals surface area (Å²) in [6.45, 7) is 2.07. The van der Waals surface area contributed by atoms with E-state index in [1.807, 2.05) is 0 Å². The molecule has 0 bridgehead atoms. The van der Waals surface area contributed by atoms with Crippen molar-refractivity contribution in [3.63, 3.8) is 0 Å². The Balaban J connectivity index is 1.86. The maximum Gasteiger partial charge on any atom is 0.282 e. The maximum absolute atomic E-state index is 12.7. The zero-order chi connectivity index (χ0) is 18.1. The van der Waals surface area contributed by atoms with Gasteiger partial charge in [0.25, 0.3) is 11.6 Å². The number of aromatic nitrogens is 1. The van der Waals surface area contributed by atoms with Crippen molar-refractivity contribution in [1.29, 1.82) is 0 Å². The minimum Gasteiger partial charge on any atom is -0.333 e. The number of nitrogens with zero attached hydrogens (tertiary/aromatic N) is 3. The highest BCUT2D eigenvalue weighted by molar-refractivity contribution is 7.15. The van der Waals surface area contributed by atoms with Crippen LogP contribution in [0.5, 0.6) is 0 Å². The van der Waals surface area contributed by atoms with Crippen LogP contribution in [0.25, 0.3) is 0 Å². The van der Waals surface area contributed by atoms with Crippen LogP contribution in [0.3, 0.4) is 0 Å². The number of rotatable bonds is 3. The molecule has 2 heterocycles. The molecule has 2 aromatic rings. The van der Waals surface area contributed by atoms with Crippen molar-refractivity contribution < 1.29 is 14.5 Å². The van der Waals surface area contributed by atoms with Crippen LogP contribution in [-0.2, 0) is 17.8 Å². The standard InChI is InChI=1S/C15H13ClN4O4S/c1-8(21)17-15-18-11-4-5-19(7-13(11)25-15)14(22)10-6-9(16)2-3-12(10)20(23)24/h2-3,6H,4-5,7H2,1H3,(H,17,18,21). The average Bonchev–Trinajstić information content (AvgIpc) is 2.94.